The van der Waals surface area contributed by atoms with Crippen molar-refractivity contribution in [2.75, 3.05) is 0 Å². The molecule has 1 aromatic heterocycles. The van der Waals surface area contributed by atoms with Crippen molar-refractivity contribution in [2.45, 2.75) is 0 Å². The summed E-state index contributed by atoms with van der Waals surface area (Å²) in [6, 6.07) is 4.06. The number of rotatable bonds is 1. The fourth-order valence-corrected chi connectivity index (χ4v) is 4.79. The molecule has 0 radical (unpaired) electrons. The van der Waals surface area contributed by atoms with Crippen molar-refractivity contribution in [2.24, 2.45) is 0 Å². The average molecular weight is 446 g/mol. The van der Waals surface area contributed by atoms with Crippen molar-refractivity contribution in [3.8, 4) is 0 Å². The fraction of sp³-hybridized carbons (Fsp3) is 0. The molecule has 2 rings (SSSR count). The van der Waals surface area contributed by atoms with E-state index in [4.69, 9.17) is 0 Å². The fourth-order valence-electron chi connectivity index (χ4n) is 1.14. The first-order chi connectivity index (χ1) is 6.72. The summed E-state index contributed by atoms with van der Waals surface area (Å²) in [4.78, 5) is 8.52. The first kappa shape index (κ1) is 11.1. The quantitative estimate of drug-likeness (QED) is 0.618. The predicted octanol–water partition coefficient (Wildman–Crippen LogP) is 1.30. The molecule has 14 heavy (non-hydrogen) atoms. The monoisotopic (exact) mass is 446 g/mol. The molecule has 0 spiro atoms. The summed E-state index contributed by atoms with van der Waals surface area (Å²) in [6.07, 6.45) is 1.62. The Labute approximate surface area is 111 Å². The topological polar surface area (TPSA) is 25.8 Å². The zero-order valence-corrected chi connectivity index (χ0v) is 13.5. The number of benzene rings is 1. The zero-order valence-electron chi connectivity index (χ0n) is 6.74. The normalized spacial score (nSPS) is 10.8. The molecule has 0 aliphatic heterocycles. The summed E-state index contributed by atoms with van der Waals surface area (Å²) in [7, 11) is 0. The van der Waals surface area contributed by atoms with E-state index < -0.39 is 0 Å². The Morgan fingerprint density at radius 2 is 2.00 bits per heavy atom. The van der Waals surface area contributed by atoms with E-state index in [9.17, 15) is 0 Å². The van der Waals surface area contributed by atoms with Gasteiger partial charge in [-0.25, -0.2) is 0 Å². The van der Waals surface area contributed by atoms with Gasteiger partial charge in [-0.05, 0) is 0 Å². The van der Waals surface area contributed by atoms with Gasteiger partial charge in [0.2, 0.25) is 0 Å². The summed E-state index contributed by atoms with van der Waals surface area (Å²) < 4.78 is 3.16. The van der Waals surface area contributed by atoms with Crippen LogP contribution in [-0.4, -0.2) is 37.3 Å². The minimum absolute atomic E-state index is 0.328. The summed E-state index contributed by atoms with van der Waals surface area (Å²) in [5, 5.41) is 1.12. The van der Waals surface area contributed by atoms with Crippen LogP contribution >= 0.6 is 31.9 Å². The Balaban J connectivity index is 2.86. The molecule has 0 saturated heterocycles. The van der Waals surface area contributed by atoms with E-state index in [-0.39, 0.29) is 0 Å². The molecule has 0 atom stereocenters. The van der Waals surface area contributed by atoms with Crippen LogP contribution in [0.15, 0.2) is 27.4 Å². The zero-order chi connectivity index (χ0) is 10.1. The molecule has 0 aliphatic rings. The molecule has 0 unspecified atom stereocenters. The number of hydrogen-bond donors (Lipinski definition) is 0. The molecule has 0 bridgehead atoms. The third-order valence-corrected chi connectivity index (χ3v) is 5.70. The van der Waals surface area contributed by atoms with Crippen LogP contribution in [0.5, 0.6) is 0 Å². The Hall–Kier alpha value is 0.559. The van der Waals surface area contributed by atoms with Crippen LogP contribution in [0.25, 0.3) is 10.9 Å². The van der Waals surface area contributed by atoms with Crippen LogP contribution in [0, 0.1) is 0 Å². The van der Waals surface area contributed by atoms with Crippen molar-refractivity contribution in [1.82, 2.24) is 9.97 Å². The van der Waals surface area contributed by atoms with Crippen molar-refractivity contribution in [1.29, 1.82) is 0 Å². The predicted molar refractivity (Wildman–Crippen MR) is 67.5 cm³/mol. The third-order valence-electron chi connectivity index (χ3n) is 1.71. The molecule has 6 heteroatoms. The molecule has 72 valence electrons. The van der Waals surface area contributed by atoms with Gasteiger partial charge in [-0.3, -0.25) is 0 Å². The molecular formula is C8H4Br2N2Se2. The molecular weight excluding hydrogens is 442 g/mol. The van der Waals surface area contributed by atoms with Crippen molar-refractivity contribution in [3.05, 3.63) is 27.4 Å². The van der Waals surface area contributed by atoms with Gasteiger partial charge in [0.05, 0.1) is 0 Å². The van der Waals surface area contributed by atoms with Gasteiger partial charge in [-0.2, -0.15) is 0 Å². The van der Waals surface area contributed by atoms with Crippen molar-refractivity contribution in [3.63, 3.8) is 0 Å². The number of nitrogens with zero attached hydrogens (tertiary/aromatic N) is 2. The Morgan fingerprint density at radius 3 is 2.71 bits per heavy atom. The minimum atomic E-state index is 0.328. The van der Waals surface area contributed by atoms with Gasteiger partial charge in [0.15, 0.2) is 0 Å². The van der Waals surface area contributed by atoms with Gasteiger partial charge in [-0.1, -0.05) is 0 Å². The van der Waals surface area contributed by atoms with Crippen LogP contribution in [0.1, 0.15) is 0 Å². The molecule has 0 aliphatic carbocycles. The van der Waals surface area contributed by atoms with Crippen LogP contribution in [0.4, 0.5) is 0 Å². The van der Waals surface area contributed by atoms with Gasteiger partial charge in [-0.15, -0.1) is 0 Å². The van der Waals surface area contributed by atoms with E-state index >= 15 is 0 Å². The molecule has 1 heterocycles. The Morgan fingerprint density at radius 1 is 1.21 bits per heavy atom. The number of hydrogen-bond acceptors (Lipinski definition) is 2. The molecule has 0 N–H and O–H groups in total. The van der Waals surface area contributed by atoms with Gasteiger partial charge >= 0.3 is 112 Å². The van der Waals surface area contributed by atoms with Crippen LogP contribution < -0.4 is 4.59 Å². The average Bonchev–Trinajstić information content (AvgIpc) is 2.17. The summed E-state index contributed by atoms with van der Waals surface area (Å²) in [6.45, 7) is 0. The Bertz CT molecular complexity index is 490. The van der Waals surface area contributed by atoms with Crippen molar-refractivity contribution >= 4 is 74.7 Å². The van der Waals surface area contributed by atoms with Gasteiger partial charge < -0.3 is 0 Å². The summed E-state index contributed by atoms with van der Waals surface area (Å²) in [5.41, 5.74) is 0.978. The maximum absolute atomic E-state index is 4.27. The van der Waals surface area contributed by atoms with E-state index in [1.807, 2.05) is 6.07 Å². The number of aromatic nitrogens is 2. The third kappa shape index (κ3) is 2.06. The Kier molecular flexibility index (Phi) is 3.63. The van der Waals surface area contributed by atoms with E-state index in [2.05, 4.69) is 62.1 Å². The van der Waals surface area contributed by atoms with Gasteiger partial charge in [0.1, 0.15) is 0 Å². The van der Waals surface area contributed by atoms with E-state index in [1.165, 1.54) is 0 Å². The van der Waals surface area contributed by atoms with E-state index in [0.717, 1.165) is 24.4 Å². The van der Waals surface area contributed by atoms with Crippen molar-refractivity contribution < 1.29 is 0 Å². The molecule has 2 nitrogen and oxygen atoms in total. The van der Waals surface area contributed by atoms with E-state index in [1.54, 1.807) is 6.33 Å². The standard InChI is InChI=1S/C8H4Br2N2Se2/c9-4-1-5-7(6(10)2-4)11-3-12-8(5)14-13/h1-3,13H. The number of halogens is 2. The van der Waals surface area contributed by atoms with Crippen LogP contribution in [0.3, 0.4) is 0 Å². The second kappa shape index (κ2) is 4.60. The molecule has 1 aromatic carbocycles. The summed E-state index contributed by atoms with van der Waals surface area (Å²) >= 11 is 9.88. The molecule has 0 saturated carbocycles. The molecule has 2 aromatic rings. The molecule has 0 amide bonds. The first-order valence-corrected chi connectivity index (χ1v) is 10.8. The van der Waals surface area contributed by atoms with E-state index in [0.29, 0.717) is 13.1 Å². The van der Waals surface area contributed by atoms with Crippen LogP contribution in [-0.2, 0) is 0 Å². The second-order valence-corrected chi connectivity index (χ2v) is 7.51. The van der Waals surface area contributed by atoms with Gasteiger partial charge in [0, 0.05) is 0 Å². The number of fused-ring (bicyclic) bond motifs is 1. The summed E-state index contributed by atoms with van der Waals surface area (Å²) in [5.74, 6) is 0. The second-order valence-electron chi connectivity index (χ2n) is 2.55. The first-order valence-electron chi connectivity index (χ1n) is 3.63. The van der Waals surface area contributed by atoms with Gasteiger partial charge in [0.25, 0.3) is 0 Å². The maximum atomic E-state index is 4.27. The molecule has 0 fully saturated rings. The SMILES string of the molecule is [SeH][Se]c1ncnc2c(Br)cc(Br)cc12. The van der Waals surface area contributed by atoms with Crippen LogP contribution in [0.2, 0.25) is 0 Å².